The lowest BCUT2D eigenvalue weighted by Crippen LogP contribution is -2.43. The second-order valence-electron chi connectivity index (χ2n) is 7.58. The lowest BCUT2D eigenvalue weighted by molar-refractivity contribution is -0.145. The summed E-state index contributed by atoms with van der Waals surface area (Å²) in [7, 11) is 4.26. The molecule has 2 aromatic rings. The first-order valence-corrected chi connectivity index (χ1v) is 10.5. The molecule has 0 aliphatic carbocycles. The molecule has 2 aromatic carbocycles. The van der Waals surface area contributed by atoms with E-state index in [4.69, 9.17) is 14.2 Å². The van der Waals surface area contributed by atoms with Crippen molar-refractivity contribution in [3.05, 3.63) is 59.4 Å². The Morgan fingerprint density at radius 3 is 2.24 bits per heavy atom. The van der Waals surface area contributed by atoms with Gasteiger partial charge in [-0.2, -0.15) is 5.10 Å². The summed E-state index contributed by atoms with van der Waals surface area (Å²) in [5, 5.41) is 5.45. The number of methoxy groups -OCH3 is 3. The second kappa shape index (κ2) is 11.3. The van der Waals surface area contributed by atoms with Crippen LogP contribution in [0.5, 0.6) is 11.5 Å². The Hall–Kier alpha value is -3.95. The fraction of sp³-hybridized carbons (Fsp3) is 0.333. The van der Waals surface area contributed by atoms with E-state index in [1.165, 1.54) is 43.4 Å². The number of benzene rings is 2. The molecule has 2 amide bonds. The smallest absolute Gasteiger partial charge is 0.325 e. The third-order valence-corrected chi connectivity index (χ3v) is 5.22. The van der Waals surface area contributed by atoms with Gasteiger partial charge in [0, 0.05) is 25.5 Å². The fourth-order valence-corrected chi connectivity index (χ4v) is 3.42. The van der Waals surface area contributed by atoms with Gasteiger partial charge in [-0.15, -0.1) is 0 Å². The Kier molecular flexibility index (Phi) is 8.18. The van der Waals surface area contributed by atoms with Gasteiger partial charge in [-0.25, -0.2) is 9.40 Å². The van der Waals surface area contributed by atoms with Crippen LogP contribution in [0.2, 0.25) is 0 Å². The van der Waals surface area contributed by atoms with Crippen LogP contribution in [-0.4, -0.2) is 61.3 Å². The SMILES string of the molecule is COC(=O)CN(Cc1cc(OC)cc(OC)c1)C(=O)C1=NN(Cc2ccc(F)cc2)C(=O)CC1. The van der Waals surface area contributed by atoms with E-state index in [9.17, 15) is 18.8 Å². The Labute approximate surface area is 196 Å². The summed E-state index contributed by atoms with van der Waals surface area (Å²) in [5.74, 6) is -0.668. The van der Waals surface area contributed by atoms with Crippen molar-refractivity contribution in [2.75, 3.05) is 27.9 Å². The number of esters is 1. The van der Waals surface area contributed by atoms with Crippen LogP contribution in [0.25, 0.3) is 0 Å². The van der Waals surface area contributed by atoms with Crippen LogP contribution in [0.1, 0.15) is 24.0 Å². The summed E-state index contributed by atoms with van der Waals surface area (Å²) in [6, 6.07) is 10.8. The highest BCUT2D eigenvalue weighted by atomic mass is 19.1. The van der Waals surface area contributed by atoms with Crippen LogP contribution in [0.4, 0.5) is 4.39 Å². The third kappa shape index (κ3) is 6.31. The van der Waals surface area contributed by atoms with E-state index in [0.29, 0.717) is 22.6 Å². The van der Waals surface area contributed by atoms with Gasteiger partial charge in [0.2, 0.25) is 5.91 Å². The average molecular weight is 471 g/mol. The second-order valence-corrected chi connectivity index (χ2v) is 7.58. The molecule has 0 fully saturated rings. The van der Waals surface area contributed by atoms with E-state index in [-0.39, 0.29) is 49.9 Å². The highest BCUT2D eigenvalue weighted by Gasteiger charge is 2.29. The van der Waals surface area contributed by atoms with E-state index in [0.717, 1.165) is 0 Å². The number of halogens is 1. The molecule has 0 saturated heterocycles. The molecule has 0 aromatic heterocycles. The van der Waals surface area contributed by atoms with Crippen molar-refractivity contribution in [2.45, 2.75) is 25.9 Å². The third-order valence-electron chi connectivity index (χ3n) is 5.22. The maximum absolute atomic E-state index is 13.3. The summed E-state index contributed by atoms with van der Waals surface area (Å²) >= 11 is 0. The molecule has 3 rings (SSSR count). The van der Waals surface area contributed by atoms with Gasteiger partial charge >= 0.3 is 5.97 Å². The zero-order chi connectivity index (χ0) is 24.7. The quantitative estimate of drug-likeness (QED) is 0.522. The van der Waals surface area contributed by atoms with Gasteiger partial charge < -0.3 is 19.1 Å². The first kappa shape index (κ1) is 24.7. The predicted octanol–water partition coefficient (Wildman–Crippen LogP) is 2.52. The fourth-order valence-electron chi connectivity index (χ4n) is 3.42. The molecule has 0 N–H and O–H groups in total. The number of carbonyl (C=O) groups is 3. The Bertz CT molecular complexity index is 1060. The number of hydrogen-bond donors (Lipinski definition) is 0. The van der Waals surface area contributed by atoms with Crippen molar-refractivity contribution in [3.8, 4) is 11.5 Å². The van der Waals surface area contributed by atoms with Crippen LogP contribution in [0.3, 0.4) is 0 Å². The van der Waals surface area contributed by atoms with E-state index in [2.05, 4.69) is 5.10 Å². The minimum atomic E-state index is -0.598. The first-order valence-electron chi connectivity index (χ1n) is 10.5. The Balaban J connectivity index is 1.85. The average Bonchev–Trinajstić information content (AvgIpc) is 2.85. The normalized spacial score (nSPS) is 13.2. The highest BCUT2D eigenvalue weighted by Crippen LogP contribution is 2.24. The highest BCUT2D eigenvalue weighted by molar-refractivity contribution is 6.39. The molecular weight excluding hydrogens is 445 g/mol. The minimum absolute atomic E-state index is 0.0619. The number of hydrogen-bond acceptors (Lipinski definition) is 7. The van der Waals surface area contributed by atoms with Gasteiger partial charge in [-0.3, -0.25) is 14.4 Å². The molecule has 0 spiro atoms. The lowest BCUT2D eigenvalue weighted by atomic mass is 10.1. The summed E-state index contributed by atoms with van der Waals surface area (Å²) in [4.78, 5) is 39.1. The van der Waals surface area contributed by atoms with Crippen molar-refractivity contribution in [2.24, 2.45) is 5.10 Å². The maximum Gasteiger partial charge on any atom is 0.325 e. The Morgan fingerprint density at radius 1 is 1.00 bits per heavy atom. The van der Waals surface area contributed by atoms with E-state index < -0.39 is 11.9 Å². The van der Waals surface area contributed by atoms with Crippen LogP contribution in [-0.2, 0) is 32.2 Å². The largest absolute Gasteiger partial charge is 0.497 e. The number of nitrogens with zero attached hydrogens (tertiary/aromatic N) is 3. The molecule has 180 valence electrons. The standard InChI is InChI=1S/C24H26FN3O6/c1-32-19-10-17(11-20(12-19)33-2)13-27(15-23(30)34-3)24(31)21-8-9-22(29)28(26-21)14-16-4-6-18(25)7-5-16/h4-7,10-12H,8-9,13-15H2,1-3H3. The summed E-state index contributed by atoms with van der Waals surface area (Å²) in [6.45, 7) is -0.147. The molecule has 0 unspecified atom stereocenters. The number of amides is 2. The summed E-state index contributed by atoms with van der Waals surface area (Å²) in [5.41, 5.74) is 1.48. The van der Waals surface area contributed by atoms with Gasteiger partial charge in [-0.1, -0.05) is 12.1 Å². The van der Waals surface area contributed by atoms with Gasteiger partial charge in [-0.05, 0) is 35.4 Å². The molecule has 0 saturated carbocycles. The van der Waals surface area contributed by atoms with Gasteiger partial charge in [0.1, 0.15) is 29.6 Å². The number of ether oxygens (including phenoxy) is 3. The molecule has 0 bridgehead atoms. The molecule has 10 heteroatoms. The molecule has 1 aliphatic rings. The molecule has 0 radical (unpaired) electrons. The summed E-state index contributed by atoms with van der Waals surface area (Å²) < 4.78 is 28.5. The molecular formula is C24H26FN3O6. The van der Waals surface area contributed by atoms with Crippen LogP contribution in [0.15, 0.2) is 47.6 Å². The molecule has 0 atom stereocenters. The van der Waals surface area contributed by atoms with Gasteiger partial charge in [0.05, 0.1) is 27.9 Å². The van der Waals surface area contributed by atoms with Crippen LogP contribution < -0.4 is 9.47 Å². The van der Waals surface area contributed by atoms with E-state index >= 15 is 0 Å². The monoisotopic (exact) mass is 471 g/mol. The van der Waals surface area contributed by atoms with Crippen LogP contribution in [0, 0.1) is 5.82 Å². The number of carbonyl (C=O) groups excluding carboxylic acids is 3. The lowest BCUT2D eigenvalue weighted by Gasteiger charge is -2.27. The molecule has 1 aliphatic heterocycles. The minimum Gasteiger partial charge on any atom is -0.497 e. The van der Waals surface area contributed by atoms with Crippen molar-refractivity contribution < 1.29 is 33.0 Å². The molecule has 1 heterocycles. The summed E-state index contributed by atoms with van der Waals surface area (Å²) in [6.07, 6.45) is 0.224. The van der Waals surface area contributed by atoms with Crippen molar-refractivity contribution in [3.63, 3.8) is 0 Å². The van der Waals surface area contributed by atoms with Gasteiger partial charge in [0.15, 0.2) is 0 Å². The van der Waals surface area contributed by atoms with E-state index in [1.807, 2.05) is 0 Å². The molecule has 34 heavy (non-hydrogen) atoms. The topological polar surface area (TPSA) is 97.7 Å². The van der Waals surface area contributed by atoms with Crippen molar-refractivity contribution >= 4 is 23.5 Å². The van der Waals surface area contributed by atoms with Crippen LogP contribution >= 0.6 is 0 Å². The molecule has 9 nitrogen and oxygen atoms in total. The van der Waals surface area contributed by atoms with E-state index in [1.54, 1.807) is 30.3 Å². The van der Waals surface area contributed by atoms with Crippen molar-refractivity contribution in [1.29, 1.82) is 0 Å². The number of hydrazone groups is 1. The predicted molar refractivity (Wildman–Crippen MR) is 121 cm³/mol. The van der Waals surface area contributed by atoms with Gasteiger partial charge in [0.25, 0.3) is 5.91 Å². The zero-order valence-electron chi connectivity index (χ0n) is 19.2. The zero-order valence-corrected chi connectivity index (χ0v) is 19.2. The maximum atomic E-state index is 13.3. The first-order chi connectivity index (χ1) is 16.3. The number of rotatable bonds is 9. The van der Waals surface area contributed by atoms with Crippen molar-refractivity contribution in [1.82, 2.24) is 9.91 Å². The Morgan fingerprint density at radius 2 is 1.65 bits per heavy atom.